The number of rotatable bonds is 3. The second-order valence-electron chi connectivity index (χ2n) is 6.96. The lowest BCUT2D eigenvalue weighted by molar-refractivity contribution is 0.160. The van der Waals surface area contributed by atoms with Crippen LogP contribution in [0.25, 0.3) is 10.9 Å². The van der Waals surface area contributed by atoms with Crippen LogP contribution in [0.1, 0.15) is 25.8 Å². The van der Waals surface area contributed by atoms with E-state index in [9.17, 15) is 0 Å². The summed E-state index contributed by atoms with van der Waals surface area (Å²) in [6.07, 6.45) is 9.15. The number of fused-ring (bicyclic) bond motifs is 3. The Hall–Kier alpha value is -1.80. The van der Waals surface area contributed by atoms with E-state index < -0.39 is 0 Å². The van der Waals surface area contributed by atoms with Gasteiger partial charge in [-0.05, 0) is 38.3 Å². The summed E-state index contributed by atoms with van der Waals surface area (Å²) in [7, 11) is 0. The Labute approximate surface area is 132 Å². The van der Waals surface area contributed by atoms with Crippen molar-refractivity contribution in [3.8, 4) is 0 Å². The first-order valence-electron chi connectivity index (χ1n) is 8.34. The van der Waals surface area contributed by atoms with Crippen molar-refractivity contribution in [1.82, 2.24) is 9.88 Å². The highest BCUT2D eigenvalue weighted by Crippen LogP contribution is 2.43. The molecule has 1 N–H and O–H groups in total. The van der Waals surface area contributed by atoms with Gasteiger partial charge >= 0.3 is 0 Å². The van der Waals surface area contributed by atoms with Crippen LogP contribution in [0, 0.1) is 5.92 Å². The van der Waals surface area contributed by atoms with Crippen LogP contribution in [0.3, 0.4) is 0 Å². The molecule has 2 bridgehead atoms. The van der Waals surface area contributed by atoms with Gasteiger partial charge in [0.2, 0.25) is 0 Å². The molecule has 2 aromatic rings. The van der Waals surface area contributed by atoms with Gasteiger partial charge in [-0.3, -0.25) is 4.90 Å². The lowest BCUT2D eigenvalue weighted by Gasteiger charge is -2.32. The fourth-order valence-electron chi connectivity index (χ4n) is 4.44. The Balaban J connectivity index is 1.71. The van der Waals surface area contributed by atoms with E-state index in [1.807, 2.05) is 0 Å². The summed E-state index contributed by atoms with van der Waals surface area (Å²) in [5.41, 5.74) is 4.10. The van der Waals surface area contributed by atoms with Gasteiger partial charge in [0.1, 0.15) is 0 Å². The predicted octanol–water partition coefficient (Wildman–Crippen LogP) is 4.30. The van der Waals surface area contributed by atoms with Gasteiger partial charge in [-0.2, -0.15) is 0 Å². The van der Waals surface area contributed by atoms with E-state index in [2.05, 4.69) is 72.9 Å². The molecule has 2 aliphatic rings. The molecule has 2 heterocycles. The van der Waals surface area contributed by atoms with Crippen molar-refractivity contribution >= 4 is 10.9 Å². The first kappa shape index (κ1) is 13.8. The lowest BCUT2D eigenvalue weighted by Crippen LogP contribution is -2.42. The molecule has 1 aliphatic carbocycles. The van der Waals surface area contributed by atoms with Crippen LogP contribution >= 0.6 is 0 Å². The van der Waals surface area contributed by atoms with Crippen molar-refractivity contribution < 1.29 is 0 Å². The third kappa shape index (κ3) is 1.98. The molecule has 1 saturated heterocycles. The molecular weight excluding hydrogens is 268 g/mol. The molecule has 114 valence electrons. The van der Waals surface area contributed by atoms with Gasteiger partial charge in [-0.1, -0.05) is 42.5 Å². The molecule has 3 atom stereocenters. The van der Waals surface area contributed by atoms with Gasteiger partial charge in [0.15, 0.2) is 0 Å². The van der Waals surface area contributed by atoms with Crippen LogP contribution in [0.2, 0.25) is 0 Å². The second kappa shape index (κ2) is 5.13. The van der Waals surface area contributed by atoms with Crippen LogP contribution in [0.5, 0.6) is 0 Å². The molecule has 22 heavy (non-hydrogen) atoms. The summed E-state index contributed by atoms with van der Waals surface area (Å²) in [5.74, 6) is 0.603. The highest BCUT2D eigenvalue weighted by molar-refractivity contribution is 5.83. The number of H-pyrrole nitrogens is 1. The van der Waals surface area contributed by atoms with Crippen LogP contribution in [-0.2, 0) is 6.42 Å². The van der Waals surface area contributed by atoms with E-state index in [1.165, 1.54) is 22.0 Å². The summed E-state index contributed by atoms with van der Waals surface area (Å²) in [5, 5.41) is 1.37. The molecule has 4 rings (SSSR count). The molecule has 2 nitrogen and oxygen atoms in total. The van der Waals surface area contributed by atoms with Crippen LogP contribution in [-0.4, -0.2) is 28.0 Å². The maximum absolute atomic E-state index is 4.41. The van der Waals surface area contributed by atoms with Gasteiger partial charge in [0.05, 0.1) is 0 Å². The number of benzene rings is 1. The Morgan fingerprint density at radius 1 is 1.32 bits per heavy atom. The van der Waals surface area contributed by atoms with Gasteiger partial charge < -0.3 is 4.98 Å². The van der Waals surface area contributed by atoms with E-state index in [0.29, 0.717) is 24.0 Å². The summed E-state index contributed by atoms with van der Waals surface area (Å²) < 4.78 is 0. The van der Waals surface area contributed by atoms with Crippen LogP contribution < -0.4 is 0 Å². The molecule has 0 spiro atoms. The van der Waals surface area contributed by atoms with E-state index in [-0.39, 0.29) is 0 Å². The molecule has 1 fully saturated rings. The fourth-order valence-corrected chi connectivity index (χ4v) is 4.44. The molecule has 0 unspecified atom stereocenters. The third-order valence-electron chi connectivity index (χ3n) is 5.43. The SMILES string of the molecule is C=C1[C@H]2C=CC[C@@H]1[C@@H](Cc1c[nH]c3ccccc13)N2C(C)C. The second-order valence-corrected chi connectivity index (χ2v) is 6.96. The number of allylic oxidation sites excluding steroid dienone is 1. The zero-order valence-corrected chi connectivity index (χ0v) is 13.4. The van der Waals surface area contributed by atoms with Gasteiger partial charge in [0.25, 0.3) is 0 Å². The Bertz CT molecular complexity index is 737. The zero-order chi connectivity index (χ0) is 15.3. The minimum atomic E-state index is 0.439. The van der Waals surface area contributed by atoms with Gasteiger partial charge in [0, 0.05) is 41.1 Å². The van der Waals surface area contributed by atoms with Gasteiger partial charge in [-0.25, -0.2) is 0 Å². The summed E-state index contributed by atoms with van der Waals surface area (Å²) in [4.78, 5) is 6.09. The van der Waals surface area contributed by atoms with Gasteiger partial charge in [-0.15, -0.1) is 0 Å². The van der Waals surface area contributed by atoms with Crippen molar-refractivity contribution in [2.75, 3.05) is 0 Å². The number of nitrogens with one attached hydrogen (secondary N) is 1. The number of hydrogen-bond acceptors (Lipinski definition) is 1. The Morgan fingerprint density at radius 2 is 2.14 bits per heavy atom. The van der Waals surface area contributed by atoms with Crippen molar-refractivity contribution in [2.45, 2.75) is 44.8 Å². The molecule has 2 heteroatoms. The highest BCUT2D eigenvalue weighted by Gasteiger charge is 2.45. The monoisotopic (exact) mass is 292 g/mol. The number of para-hydroxylation sites is 1. The molecule has 0 saturated carbocycles. The molecule has 1 aliphatic heterocycles. The van der Waals surface area contributed by atoms with Crippen LogP contribution in [0.15, 0.2) is 54.8 Å². The van der Waals surface area contributed by atoms with E-state index in [1.54, 1.807) is 0 Å². The summed E-state index contributed by atoms with van der Waals surface area (Å²) in [6.45, 7) is 9.03. The van der Waals surface area contributed by atoms with E-state index >= 15 is 0 Å². The molecule has 0 amide bonds. The number of nitrogens with zero attached hydrogens (tertiary/aromatic N) is 1. The summed E-state index contributed by atoms with van der Waals surface area (Å²) in [6, 6.07) is 10.2. The van der Waals surface area contributed by atoms with Crippen molar-refractivity contribution in [3.05, 3.63) is 60.3 Å². The average Bonchev–Trinajstić information content (AvgIpc) is 2.94. The minimum absolute atomic E-state index is 0.439. The topological polar surface area (TPSA) is 19.0 Å². The standard InChI is InChI=1S/C20H24N2/c1-13(2)22-19-10-6-8-16(14(19)3)20(22)11-15-12-21-18-9-5-4-7-17(15)18/h4-7,9-10,12-13,16,19-21H,3,8,11H2,1-2H3/t16-,19+,20+/m0/s1. The number of hydrogen-bond donors (Lipinski definition) is 1. The van der Waals surface area contributed by atoms with Crippen molar-refractivity contribution in [2.24, 2.45) is 5.92 Å². The van der Waals surface area contributed by atoms with E-state index in [4.69, 9.17) is 0 Å². The normalized spacial score (nSPS) is 28.1. The highest BCUT2D eigenvalue weighted by atomic mass is 15.2. The molecule has 1 aromatic carbocycles. The first-order valence-corrected chi connectivity index (χ1v) is 8.34. The number of aromatic amines is 1. The molecule has 0 radical (unpaired) electrons. The molecular formula is C20H24N2. The quantitative estimate of drug-likeness (QED) is 0.836. The lowest BCUT2D eigenvalue weighted by atomic mass is 9.85. The fraction of sp³-hybridized carbons (Fsp3) is 0.400. The molecule has 1 aromatic heterocycles. The third-order valence-corrected chi connectivity index (χ3v) is 5.43. The first-order chi connectivity index (χ1) is 10.7. The Morgan fingerprint density at radius 3 is 2.95 bits per heavy atom. The van der Waals surface area contributed by atoms with E-state index in [0.717, 1.165) is 12.8 Å². The number of aromatic nitrogens is 1. The summed E-state index contributed by atoms with van der Waals surface area (Å²) >= 11 is 0. The minimum Gasteiger partial charge on any atom is -0.361 e. The van der Waals surface area contributed by atoms with Crippen molar-refractivity contribution in [3.63, 3.8) is 0 Å². The zero-order valence-electron chi connectivity index (χ0n) is 13.4. The predicted molar refractivity (Wildman–Crippen MR) is 92.9 cm³/mol. The largest absolute Gasteiger partial charge is 0.361 e. The Kier molecular flexibility index (Phi) is 3.23. The number of likely N-dealkylation sites (tertiary alicyclic amines) is 1. The van der Waals surface area contributed by atoms with Crippen molar-refractivity contribution in [1.29, 1.82) is 0 Å². The smallest absolute Gasteiger partial charge is 0.0497 e. The average molecular weight is 292 g/mol. The maximum atomic E-state index is 4.41. The van der Waals surface area contributed by atoms with Crippen LogP contribution in [0.4, 0.5) is 0 Å². The maximum Gasteiger partial charge on any atom is 0.0497 e.